The topological polar surface area (TPSA) is 47.7 Å². The molecule has 106 valence electrons. The molecule has 1 heterocycles. The summed E-state index contributed by atoms with van der Waals surface area (Å²) in [4.78, 5) is 2.48. The van der Waals surface area contributed by atoms with Gasteiger partial charge < -0.3 is 15.2 Å². The molecule has 19 heavy (non-hydrogen) atoms. The molecule has 2 rings (SSSR count). The summed E-state index contributed by atoms with van der Waals surface area (Å²) >= 11 is 0. The predicted octanol–water partition coefficient (Wildman–Crippen LogP) is 2.19. The van der Waals surface area contributed by atoms with Gasteiger partial charge in [-0.1, -0.05) is 6.07 Å². The lowest BCUT2D eigenvalue weighted by molar-refractivity contribution is 0.193. The van der Waals surface area contributed by atoms with Crippen LogP contribution in [-0.2, 0) is 0 Å². The van der Waals surface area contributed by atoms with Gasteiger partial charge in [0.2, 0.25) is 0 Å². The molecule has 2 atom stereocenters. The van der Waals surface area contributed by atoms with E-state index >= 15 is 0 Å². The molecule has 1 aliphatic heterocycles. The number of hydrogen-bond acceptors (Lipinski definition) is 4. The van der Waals surface area contributed by atoms with Crippen LogP contribution in [0.3, 0.4) is 0 Å². The largest absolute Gasteiger partial charge is 0.497 e. The monoisotopic (exact) mass is 264 g/mol. The molecule has 0 aromatic heterocycles. The quantitative estimate of drug-likeness (QED) is 0.885. The molecule has 1 saturated heterocycles. The second-order valence-electron chi connectivity index (χ2n) is 5.05. The number of rotatable bonds is 5. The minimum atomic E-state index is 0.317. The molecule has 0 amide bonds. The van der Waals surface area contributed by atoms with Crippen molar-refractivity contribution in [2.75, 3.05) is 27.3 Å². The summed E-state index contributed by atoms with van der Waals surface area (Å²) in [5.41, 5.74) is 7.06. The molecule has 1 aliphatic rings. The molecular formula is C15H24N2O2. The van der Waals surface area contributed by atoms with Crippen molar-refractivity contribution in [2.24, 2.45) is 5.73 Å². The standard InChI is InChI=1S/C15H24N2O2/c1-11(17-8-4-5-12(17)10-16)14-7-6-13(18-2)9-15(14)19-3/h6-7,9,11-12H,4-5,8,10,16H2,1-3H3. The zero-order chi connectivity index (χ0) is 13.8. The average molecular weight is 264 g/mol. The van der Waals surface area contributed by atoms with Gasteiger partial charge in [0, 0.05) is 30.3 Å². The van der Waals surface area contributed by atoms with Gasteiger partial charge in [0.1, 0.15) is 11.5 Å². The van der Waals surface area contributed by atoms with E-state index in [2.05, 4.69) is 17.9 Å². The van der Waals surface area contributed by atoms with Gasteiger partial charge in [-0.3, -0.25) is 4.90 Å². The Morgan fingerprint density at radius 3 is 2.79 bits per heavy atom. The third-order valence-corrected chi connectivity index (χ3v) is 4.08. The third-order valence-electron chi connectivity index (χ3n) is 4.08. The van der Waals surface area contributed by atoms with Crippen LogP contribution in [0.5, 0.6) is 11.5 Å². The van der Waals surface area contributed by atoms with Gasteiger partial charge in [-0.05, 0) is 32.4 Å². The lowest BCUT2D eigenvalue weighted by Gasteiger charge is -2.31. The van der Waals surface area contributed by atoms with Crippen LogP contribution < -0.4 is 15.2 Å². The normalized spacial score (nSPS) is 21.4. The van der Waals surface area contributed by atoms with Crippen LogP contribution >= 0.6 is 0 Å². The maximum atomic E-state index is 5.86. The Morgan fingerprint density at radius 2 is 2.16 bits per heavy atom. The van der Waals surface area contributed by atoms with E-state index in [9.17, 15) is 0 Å². The molecule has 2 unspecified atom stereocenters. The fourth-order valence-electron chi connectivity index (χ4n) is 2.96. The van der Waals surface area contributed by atoms with E-state index in [1.54, 1.807) is 14.2 Å². The fourth-order valence-corrected chi connectivity index (χ4v) is 2.96. The van der Waals surface area contributed by atoms with Crippen LogP contribution in [0.1, 0.15) is 31.4 Å². The van der Waals surface area contributed by atoms with Gasteiger partial charge in [-0.25, -0.2) is 0 Å². The average Bonchev–Trinajstić information content (AvgIpc) is 2.94. The van der Waals surface area contributed by atoms with Crippen molar-refractivity contribution in [3.05, 3.63) is 23.8 Å². The fraction of sp³-hybridized carbons (Fsp3) is 0.600. The van der Waals surface area contributed by atoms with E-state index in [0.29, 0.717) is 12.1 Å². The number of ether oxygens (including phenoxy) is 2. The Labute approximate surface area is 115 Å². The lowest BCUT2D eigenvalue weighted by atomic mass is 10.0. The zero-order valence-corrected chi connectivity index (χ0v) is 12.1. The maximum Gasteiger partial charge on any atom is 0.127 e. The summed E-state index contributed by atoms with van der Waals surface area (Å²) in [5, 5.41) is 0. The first-order valence-corrected chi connectivity index (χ1v) is 6.89. The molecule has 2 N–H and O–H groups in total. The highest BCUT2D eigenvalue weighted by molar-refractivity contribution is 5.42. The molecule has 4 nitrogen and oxygen atoms in total. The molecule has 0 bridgehead atoms. The molecule has 0 saturated carbocycles. The lowest BCUT2D eigenvalue weighted by Crippen LogP contribution is -2.37. The summed E-state index contributed by atoms with van der Waals surface area (Å²) in [6, 6.07) is 6.83. The van der Waals surface area contributed by atoms with Crippen molar-refractivity contribution >= 4 is 0 Å². The SMILES string of the molecule is COc1ccc(C(C)N2CCCC2CN)c(OC)c1. The summed E-state index contributed by atoms with van der Waals surface area (Å²) in [7, 11) is 3.37. The highest BCUT2D eigenvalue weighted by atomic mass is 16.5. The summed E-state index contributed by atoms with van der Waals surface area (Å²) < 4.78 is 10.7. The van der Waals surface area contributed by atoms with Gasteiger partial charge in [-0.15, -0.1) is 0 Å². The Bertz CT molecular complexity index is 423. The van der Waals surface area contributed by atoms with Crippen molar-refractivity contribution in [2.45, 2.75) is 31.8 Å². The van der Waals surface area contributed by atoms with Crippen molar-refractivity contribution < 1.29 is 9.47 Å². The maximum absolute atomic E-state index is 5.86. The van der Waals surface area contributed by atoms with E-state index < -0.39 is 0 Å². The van der Waals surface area contributed by atoms with Crippen molar-refractivity contribution in [3.63, 3.8) is 0 Å². The zero-order valence-electron chi connectivity index (χ0n) is 12.1. The van der Waals surface area contributed by atoms with E-state index in [1.807, 2.05) is 12.1 Å². The molecular weight excluding hydrogens is 240 g/mol. The first kappa shape index (κ1) is 14.2. The molecule has 0 radical (unpaired) electrons. The van der Waals surface area contributed by atoms with Crippen LogP contribution in [0.2, 0.25) is 0 Å². The second-order valence-corrected chi connectivity index (χ2v) is 5.05. The predicted molar refractivity (Wildman–Crippen MR) is 76.7 cm³/mol. The van der Waals surface area contributed by atoms with E-state index in [4.69, 9.17) is 15.2 Å². The van der Waals surface area contributed by atoms with Gasteiger partial charge in [0.15, 0.2) is 0 Å². The Kier molecular flexibility index (Phi) is 4.66. The first-order valence-electron chi connectivity index (χ1n) is 6.89. The van der Waals surface area contributed by atoms with Crippen LogP contribution in [0, 0.1) is 0 Å². The smallest absolute Gasteiger partial charge is 0.127 e. The first-order chi connectivity index (χ1) is 9.21. The highest BCUT2D eigenvalue weighted by Crippen LogP contribution is 2.35. The number of methoxy groups -OCH3 is 2. The van der Waals surface area contributed by atoms with E-state index in [0.717, 1.165) is 24.6 Å². The summed E-state index contributed by atoms with van der Waals surface area (Å²) in [6.07, 6.45) is 2.42. The minimum absolute atomic E-state index is 0.317. The second kappa shape index (κ2) is 6.26. The number of likely N-dealkylation sites (tertiary alicyclic amines) is 1. The van der Waals surface area contributed by atoms with Gasteiger partial charge in [0.05, 0.1) is 14.2 Å². The van der Waals surface area contributed by atoms with Gasteiger partial charge >= 0.3 is 0 Å². The van der Waals surface area contributed by atoms with Crippen molar-refractivity contribution in [3.8, 4) is 11.5 Å². The van der Waals surface area contributed by atoms with Gasteiger partial charge in [-0.2, -0.15) is 0 Å². The number of nitrogens with zero attached hydrogens (tertiary/aromatic N) is 1. The third kappa shape index (κ3) is 2.85. The molecule has 1 aromatic rings. The summed E-state index contributed by atoms with van der Waals surface area (Å²) in [6.45, 7) is 4.05. The molecule has 1 aromatic carbocycles. The van der Waals surface area contributed by atoms with Crippen LogP contribution in [-0.4, -0.2) is 38.3 Å². The Morgan fingerprint density at radius 1 is 1.37 bits per heavy atom. The molecule has 1 fully saturated rings. The van der Waals surface area contributed by atoms with Gasteiger partial charge in [0.25, 0.3) is 0 Å². The number of hydrogen-bond donors (Lipinski definition) is 1. The Balaban J connectivity index is 2.25. The minimum Gasteiger partial charge on any atom is -0.497 e. The summed E-state index contributed by atoms with van der Waals surface area (Å²) in [5.74, 6) is 1.71. The van der Waals surface area contributed by atoms with Crippen LogP contribution in [0.15, 0.2) is 18.2 Å². The van der Waals surface area contributed by atoms with E-state index in [1.165, 1.54) is 18.4 Å². The Hall–Kier alpha value is -1.26. The van der Waals surface area contributed by atoms with Crippen molar-refractivity contribution in [1.29, 1.82) is 0 Å². The van der Waals surface area contributed by atoms with Crippen molar-refractivity contribution in [1.82, 2.24) is 4.90 Å². The molecule has 0 aliphatic carbocycles. The van der Waals surface area contributed by atoms with Crippen LogP contribution in [0.25, 0.3) is 0 Å². The number of benzene rings is 1. The van der Waals surface area contributed by atoms with E-state index in [-0.39, 0.29) is 0 Å². The van der Waals surface area contributed by atoms with Crippen LogP contribution in [0.4, 0.5) is 0 Å². The molecule has 4 heteroatoms. The highest BCUT2D eigenvalue weighted by Gasteiger charge is 2.29. The number of nitrogens with two attached hydrogens (primary N) is 1. The molecule has 0 spiro atoms.